The molecule has 3 heterocycles. The summed E-state index contributed by atoms with van der Waals surface area (Å²) in [7, 11) is 0. The minimum Gasteiger partial charge on any atom is -0.367 e. The molecule has 0 aliphatic heterocycles. The number of aryl methyl sites for hydroxylation is 1. The molecule has 0 fully saturated rings. The molecule has 0 amide bonds. The van der Waals surface area contributed by atoms with E-state index in [1.54, 1.807) is 10.9 Å². The van der Waals surface area contributed by atoms with Gasteiger partial charge >= 0.3 is 0 Å². The average molecular weight is 461 g/mol. The second-order valence-corrected chi connectivity index (χ2v) is 8.17. The molecule has 0 radical (unpaired) electrons. The third-order valence-electron chi connectivity index (χ3n) is 5.75. The summed E-state index contributed by atoms with van der Waals surface area (Å²) < 4.78 is 1.68. The topological polar surface area (TPSA) is 85.6 Å². The second-order valence-electron chi connectivity index (χ2n) is 8.17. The smallest absolute Gasteiger partial charge is 0.146 e. The van der Waals surface area contributed by atoms with Crippen LogP contribution in [0.1, 0.15) is 11.7 Å². The summed E-state index contributed by atoms with van der Waals surface area (Å²) in [6.45, 7) is 2.25. The van der Waals surface area contributed by atoms with Gasteiger partial charge in [0.1, 0.15) is 23.8 Å². The molecule has 35 heavy (non-hydrogen) atoms. The monoisotopic (exact) mass is 460 g/mol. The summed E-state index contributed by atoms with van der Waals surface area (Å²) in [6.07, 6.45) is 4.46. The summed E-state index contributed by atoms with van der Waals surface area (Å²) in [5, 5.41) is 12.1. The largest absolute Gasteiger partial charge is 0.367 e. The van der Waals surface area contributed by atoms with Crippen LogP contribution in [0, 0.1) is 6.92 Å². The van der Waals surface area contributed by atoms with Crippen LogP contribution in [0.2, 0.25) is 0 Å². The van der Waals surface area contributed by atoms with E-state index in [1.807, 2.05) is 98.0 Å². The first-order chi connectivity index (χ1) is 17.2. The molecule has 7 nitrogen and oxygen atoms in total. The number of aromatic nitrogens is 5. The van der Waals surface area contributed by atoms with Crippen molar-refractivity contribution in [3.63, 3.8) is 0 Å². The molecule has 0 spiro atoms. The molecule has 2 aromatic carbocycles. The molecule has 0 bridgehead atoms. The van der Waals surface area contributed by atoms with E-state index in [4.69, 9.17) is 0 Å². The summed E-state index contributed by atoms with van der Waals surface area (Å²) >= 11 is 0. The quantitative estimate of drug-likeness (QED) is 0.319. The zero-order valence-corrected chi connectivity index (χ0v) is 19.2. The highest BCUT2D eigenvalue weighted by Crippen LogP contribution is 2.32. The van der Waals surface area contributed by atoms with Crippen molar-refractivity contribution in [1.82, 2.24) is 25.0 Å². The Morgan fingerprint density at radius 2 is 1.60 bits per heavy atom. The van der Waals surface area contributed by atoms with E-state index in [-0.39, 0.29) is 0 Å². The van der Waals surface area contributed by atoms with Gasteiger partial charge in [-0.15, -0.1) is 5.10 Å². The van der Waals surface area contributed by atoms with Crippen LogP contribution in [0.25, 0.3) is 33.6 Å². The maximum Gasteiger partial charge on any atom is 0.146 e. The van der Waals surface area contributed by atoms with Crippen molar-refractivity contribution in [2.45, 2.75) is 13.0 Å². The number of hydrogen-bond acceptors (Lipinski definition) is 6. The zero-order chi connectivity index (χ0) is 24.0. The van der Waals surface area contributed by atoms with Crippen LogP contribution in [-0.4, -0.2) is 37.8 Å². The fourth-order valence-electron chi connectivity index (χ4n) is 3.98. The number of nitrogens with zero attached hydrogens (tertiary/aromatic N) is 5. The molecule has 172 valence electrons. The number of rotatable bonds is 8. The van der Waals surface area contributed by atoms with Crippen molar-refractivity contribution in [3.05, 3.63) is 103 Å². The number of anilines is 1. The lowest BCUT2D eigenvalue weighted by Gasteiger charge is -2.16. The molecule has 1 N–H and O–H groups in total. The van der Waals surface area contributed by atoms with Crippen LogP contribution < -0.4 is 5.32 Å². The Labute approximate surface area is 203 Å². The van der Waals surface area contributed by atoms with Gasteiger partial charge in [0.2, 0.25) is 0 Å². The highest BCUT2D eigenvalue weighted by molar-refractivity contribution is 5.79. The Kier molecular flexibility index (Phi) is 6.39. The molecule has 5 aromatic rings. The number of carbonyl (C=O) groups is 1. The van der Waals surface area contributed by atoms with Gasteiger partial charge in [-0.1, -0.05) is 65.9 Å². The Morgan fingerprint density at radius 3 is 2.26 bits per heavy atom. The lowest BCUT2D eigenvalue weighted by Crippen LogP contribution is -2.22. The minimum atomic E-state index is -0.579. The third kappa shape index (κ3) is 4.84. The Bertz CT molecular complexity index is 1420. The van der Waals surface area contributed by atoms with Crippen LogP contribution in [0.4, 0.5) is 5.82 Å². The fraction of sp³-hybridized carbons (Fsp3) is 0.107. The highest BCUT2D eigenvalue weighted by atomic mass is 16.1. The van der Waals surface area contributed by atoms with Crippen LogP contribution in [0.15, 0.2) is 97.3 Å². The Balaban J connectivity index is 1.43. The number of nitrogens with one attached hydrogen (secondary N) is 1. The van der Waals surface area contributed by atoms with Crippen molar-refractivity contribution >= 4 is 12.1 Å². The fourth-order valence-corrected chi connectivity index (χ4v) is 3.98. The van der Waals surface area contributed by atoms with Crippen molar-refractivity contribution < 1.29 is 4.79 Å². The van der Waals surface area contributed by atoms with Gasteiger partial charge in [-0.05, 0) is 36.8 Å². The van der Waals surface area contributed by atoms with Crippen LogP contribution in [0.3, 0.4) is 0 Å². The summed E-state index contributed by atoms with van der Waals surface area (Å²) in [6, 6.07) is 27.1. The predicted molar refractivity (Wildman–Crippen MR) is 137 cm³/mol. The van der Waals surface area contributed by atoms with E-state index in [1.165, 1.54) is 0 Å². The number of pyridine rings is 2. The molecule has 0 aliphatic carbocycles. The van der Waals surface area contributed by atoms with Gasteiger partial charge in [-0.2, -0.15) is 0 Å². The lowest BCUT2D eigenvalue weighted by molar-refractivity contribution is -0.110. The number of aldehydes is 1. The molecular weight excluding hydrogens is 436 g/mol. The van der Waals surface area contributed by atoms with Gasteiger partial charge in [-0.3, -0.25) is 4.98 Å². The average Bonchev–Trinajstić information content (AvgIpc) is 3.35. The first-order valence-electron chi connectivity index (χ1n) is 11.4. The maximum atomic E-state index is 12.2. The van der Waals surface area contributed by atoms with E-state index in [9.17, 15) is 4.79 Å². The molecule has 7 heteroatoms. The molecule has 0 saturated heterocycles. The van der Waals surface area contributed by atoms with Crippen molar-refractivity contribution in [2.24, 2.45) is 0 Å². The van der Waals surface area contributed by atoms with Gasteiger partial charge in [-0.25, -0.2) is 9.67 Å². The van der Waals surface area contributed by atoms with E-state index in [0.29, 0.717) is 18.1 Å². The van der Waals surface area contributed by atoms with Crippen LogP contribution in [-0.2, 0) is 4.79 Å². The predicted octanol–water partition coefficient (Wildman–Crippen LogP) is 5.23. The molecular formula is C28H24N6O. The Morgan fingerprint density at radius 1 is 0.857 bits per heavy atom. The van der Waals surface area contributed by atoms with E-state index >= 15 is 0 Å². The standard InChI is InChI=1S/C28H24N6O/c1-20-16-23(14-15-29-20)27-28(22-10-6-3-7-11-22)34(33-32-27)25(19-35)18-31-26-13-12-24(17-30-26)21-8-4-2-5-9-21/h2-17,19,25H,18H2,1H3,(H,30,31). The first kappa shape index (κ1) is 22.2. The number of hydrogen-bond donors (Lipinski definition) is 1. The summed E-state index contributed by atoms with van der Waals surface area (Å²) in [5.74, 6) is 0.683. The highest BCUT2D eigenvalue weighted by Gasteiger charge is 2.22. The Hall–Kier alpha value is -4.65. The maximum absolute atomic E-state index is 12.2. The van der Waals surface area contributed by atoms with Crippen molar-refractivity contribution in [1.29, 1.82) is 0 Å². The lowest BCUT2D eigenvalue weighted by atomic mass is 10.0. The molecule has 0 aliphatic rings. The van der Waals surface area contributed by atoms with Gasteiger partial charge in [0.25, 0.3) is 0 Å². The number of benzene rings is 2. The normalized spacial score (nSPS) is 11.7. The van der Waals surface area contributed by atoms with Crippen molar-refractivity contribution in [2.75, 3.05) is 11.9 Å². The summed E-state index contributed by atoms with van der Waals surface area (Å²) in [4.78, 5) is 21.0. The van der Waals surface area contributed by atoms with E-state index in [2.05, 4.69) is 25.6 Å². The molecule has 1 unspecified atom stereocenters. The first-order valence-corrected chi connectivity index (χ1v) is 11.4. The van der Waals surface area contributed by atoms with Gasteiger partial charge < -0.3 is 10.1 Å². The zero-order valence-electron chi connectivity index (χ0n) is 19.2. The van der Waals surface area contributed by atoms with Gasteiger partial charge in [0.05, 0.1) is 5.69 Å². The van der Waals surface area contributed by atoms with Gasteiger partial charge in [0.15, 0.2) is 0 Å². The van der Waals surface area contributed by atoms with E-state index < -0.39 is 6.04 Å². The van der Waals surface area contributed by atoms with Crippen molar-refractivity contribution in [3.8, 4) is 33.6 Å². The SMILES string of the molecule is Cc1cc(-c2nnn(C(C=O)CNc3ccc(-c4ccccc4)cn3)c2-c2ccccc2)ccn1. The van der Waals surface area contributed by atoms with Crippen LogP contribution >= 0.6 is 0 Å². The van der Waals surface area contributed by atoms with Gasteiger partial charge in [0, 0.05) is 41.3 Å². The third-order valence-corrected chi connectivity index (χ3v) is 5.75. The number of carbonyl (C=O) groups excluding carboxylic acids is 1. The summed E-state index contributed by atoms with van der Waals surface area (Å²) in [5.41, 5.74) is 6.34. The minimum absolute atomic E-state index is 0.319. The molecule has 1 atom stereocenters. The molecule has 3 aromatic heterocycles. The molecule has 5 rings (SSSR count). The van der Waals surface area contributed by atoms with E-state index in [0.717, 1.165) is 39.9 Å². The second kappa shape index (κ2) is 10.1. The van der Waals surface area contributed by atoms with Crippen LogP contribution in [0.5, 0.6) is 0 Å². The molecule has 0 saturated carbocycles.